The van der Waals surface area contributed by atoms with E-state index in [1.807, 2.05) is 11.1 Å². The molecule has 1 aromatic rings. The van der Waals surface area contributed by atoms with Gasteiger partial charge >= 0.3 is 0 Å². The zero-order chi connectivity index (χ0) is 8.55. The first-order valence-corrected chi connectivity index (χ1v) is 4.41. The summed E-state index contributed by atoms with van der Waals surface area (Å²) in [4.78, 5) is 0. The zero-order valence-electron chi connectivity index (χ0n) is 7.33. The molecule has 0 radical (unpaired) electrons. The molecule has 2 N–H and O–H groups in total. The molecule has 0 saturated carbocycles. The van der Waals surface area contributed by atoms with Crippen LogP contribution in [-0.2, 0) is 6.42 Å². The third-order valence-corrected chi connectivity index (χ3v) is 2.58. The normalized spacial score (nSPS) is 22.2. The second-order valence-electron chi connectivity index (χ2n) is 3.42. The summed E-state index contributed by atoms with van der Waals surface area (Å²) in [7, 11) is 0. The highest BCUT2D eigenvalue weighted by Crippen LogP contribution is 2.27. The molecule has 1 atom stereocenters. The fraction of sp³-hybridized carbons (Fsp3) is 0.400. The minimum atomic E-state index is 0.472. The summed E-state index contributed by atoms with van der Waals surface area (Å²) in [6.45, 7) is 2.16. The molecule has 1 heterocycles. The number of aryl methyl sites for hydroxylation is 1. The first-order chi connectivity index (χ1) is 5.79. The van der Waals surface area contributed by atoms with Gasteiger partial charge in [0.1, 0.15) is 0 Å². The lowest BCUT2D eigenvalue weighted by Crippen LogP contribution is -2.42. The molecule has 0 aromatic heterocycles. The van der Waals surface area contributed by atoms with Crippen LogP contribution < -0.4 is 10.9 Å². The number of rotatable bonds is 0. The lowest BCUT2D eigenvalue weighted by Gasteiger charge is -2.32. The quantitative estimate of drug-likeness (QED) is 0.588. The van der Waals surface area contributed by atoms with Crippen molar-refractivity contribution in [3.63, 3.8) is 0 Å². The van der Waals surface area contributed by atoms with Gasteiger partial charge in [0.05, 0.1) is 5.69 Å². The predicted octanol–water partition coefficient (Wildman–Crippen LogP) is 1.70. The highest BCUT2D eigenvalue weighted by atomic mass is 15.4. The molecule has 0 bridgehead atoms. The van der Waals surface area contributed by atoms with E-state index in [0.717, 1.165) is 12.8 Å². The molecule has 1 aliphatic rings. The number of nitrogens with two attached hydrogens (primary N) is 1. The number of hydrogen-bond acceptors (Lipinski definition) is 2. The first-order valence-electron chi connectivity index (χ1n) is 4.41. The van der Waals surface area contributed by atoms with Crippen molar-refractivity contribution in [2.24, 2.45) is 5.84 Å². The van der Waals surface area contributed by atoms with Crippen molar-refractivity contribution < 1.29 is 0 Å². The van der Waals surface area contributed by atoms with Crippen LogP contribution in [0.15, 0.2) is 24.3 Å². The van der Waals surface area contributed by atoms with Crippen LogP contribution in [0.5, 0.6) is 0 Å². The molecule has 1 aliphatic heterocycles. The summed E-state index contributed by atoms with van der Waals surface area (Å²) in [6, 6.07) is 8.82. The Bertz CT molecular complexity index is 283. The molecule has 2 nitrogen and oxygen atoms in total. The number of anilines is 1. The highest BCUT2D eigenvalue weighted by molar-refractivity contribution is 5.54. The average molecular weight is 162 g/mol. The fourth-order valence-corrected chi connectivity index (χ4v) is 1.72. The van der Waals surface area contributed by atoms with E-state index in [-0.39, 0.29) is 0 Å². The Kier molecular flexibility index (Phi) is 1.77. The number of hydrazine groups is 1. The second kappa shape index (κ2) is 2.79. The Labute approximate surface area is 73.0 Å². The van der Waals surface area contributed by atoms with Gasteiger partial charge in [0.15, 0.2) is 0 Å². The van der Waals surface area contributed by atoms with E-state index >= 15 is 0 Å². The first kappa shape index (κ1) is 7.62. The van der Waals surface area contributed by atoms with Gasteiger partial charge in [-0.15, -0.1) is 0 Å². The predicted molar refractivity (Wildman–Crippen MR) is 50.9 cm³/mol. The van der Waals surface area contributed by atoms with E-state index in [1.54, 1.807) is 0 Å². The lowest BCUT2D eigenvalue weighted by molar-refractivity contribution is 0.574. The van der Waals surface area contributed by atoms with E-state index in [1.165, 1.54) is 11.3 Å². The molecule has 2 rings (SSSR count). The highest BCUT2D eigenvalue weighted by Gasteiger charge is 2.19. The lowest BCUT2D eigenvalue weighted by atomic mass is 9.98. The standard InChI is InChI=1S/C10H14N2/c1-8-6-7-9-4-2-3-5-10(9)12(8)11/h2-5,8H,6-7,11H2,1H3/t8-/m0/s1. The van der Waals surface area contributed by atoms with Gasteiger partial charge in [0, 0.05) is 6.04 Å². The summed E-state index contributed by atoms with van der Waals surface area (Å²) < 4.78 is 0. The van der Waals surface area contributed by atoms with Gasteiger partial charge < -0.3 is 5.01 Å². The molecule has 0 spiro atoms. The molecule has 0 amide bonds. The van der Waals surface area contributed by atoms with Crippen molar-refractivity contribution >= 4 is 5.69 Å². The molecule has 0 unspecified atom stereocenters. The third-order valence-electron chi connectivity index (χ3n) is 2.58. The number of fused-ring (bicyclic) bond motifs is 1. The van der Waals surface area contributed by atoms with Crippen LogP contribution in [0.2, 0.25) is 0 Å². The van der Waals surface area contributed by atoms with Crippen LogP contribution in [0.4, 0.5) is 5.69 Å². The van der Waals surface area contributed by atoms with E-state index in [9.17, 15) is 0 Å². The molecule has 1 aromatic carbocycles. The van der Waals surface area contributed by atoms with Crippen LogP contribution >= 0.6 is 0 Å². The van der Waals surface area contributed by atoms with Crippen LogP contribution in [0.1, 0.15) is 18.9 Å². The second-order valence-corrected chi connectivity index (χ2v) is 3.42. The number of hydrogen-bond donors (Lipinski definition) is 1. The molecule has 2 heteroatoms. The van der Waals surface area contributed by atoms with Gasteiger partial charge in [0.25, 0.3) is 0 Å². The van der Waals surface area contributed by atoms with E-state index in [4.69, 9.17) is 5.84 Å². The molecule has 12 heavy (non-hydrogen) atoms. The third kappa shape index (κ3) is 1.08. The number of benzene rings is 1. The summed E-state index contributed by atoms with van der Waals surface area (Å²) >= 11 is 0. The molecule has 0 saturated heterocycles. The summed E-state index contributed by atoms with van der Waals surface area (Å²) in [6.07, 6.45) is 2.32. The van der Waals surface area contributed by atoms with Gasteiger partial charge in [-0.1, -0.05) is 18.2 Å². The van der Waals surface area contributed by atoms with Gasteiger partial charge in [-0.2, -0.15) is 0 Å². The SMILES string of the molecule is C[C@H]1CCc2ccccc2N1N. The number of nitrogens with zero attached hydrogens (tertiary/aromatic N) is 1. The van der Waals surface area contributed by atoms with Crippen molar-refractivity contribution in [3.8, 4) is 0 Å². The maximum atomic E-state index is 5.92. The van der Waals surface area contributed by atoms with Crippen molar-refractivity contribution in [1.82, 2.24) is 0 Å². The van der Waals surface area contributed by atoms with Gasteiger partial charge in [-0.25, -0.2) is 5.84 Å². The maximum Gasteiger partial charge on any atom is 0.0552 e. The molecule has 0 fully saturated rings. The van der Waals surface area contributed by atoms with Gasteiger partial charge in [0.2, 0.25) is 0 Å². The monoisotopic (exact) mass is 162 g/mol. The smallest absolute Gasteiger partial charge is 0.0552 e. The molecule has 0 aliphatic carbocycles. The molecular formula is C10H14N2. The minimum Gasteiger partial charge on any atom is -0.308 e. The summed E-state index contributed by atoms with van der Waals surface area (Å²) in [5, 5.41) is 1.87. The largest absolute Gasteiger partial charge is 0.308 e. The Hall–Kier alpha value is -1.02. The van der Waals surface area contributed by atoms with Crippen LogP contribution in [0.3, 0.4) is 0 Å². The van der Waals surface area contributed by atoms with Gasteiger partial charge in [-0.3, -0.25) is 0 Å². The average Bonchev–Trinajstić information content (AvgIpc) is 2.12. The van der Waals surface area contributed by atoms with Crippen LogP contribution in [-0.4, -0.2) is 6.04 Å². The maximum absolute atomic E-state index is 5.92. The van der Waals surface area contributed by atoms with Crippen LogP contribution in [0, 0.1) is 0 Å². The van der Waals surface area contributed by atoms with Crippen LogP contribution in [0.25, 0.3) is 0 Å². The van der Waals surface area contributed by atoms with Gasteiger partial charge in [-0.05, 0) is 31.4 Å². The Balaban J connectivity index is 2.42. The van der Waals surface area contributed by atoms with E-state index in [0.29, 0.717) is 6.04 Å². The molecule has 64 valence electrons. The summed E-state index contributed by atoms with van der Waals surface area (Å²) in [5.74, 6) is 5.92. The van der Waals surface area contributed by atoms with E-state index in [2.05, 4.69) is 25.1 Å². The molecular weight excluding hydrogens is 148 g/mol. The fourth-order valence-electron chi connectivity index (χ4n) is 1.72. The Morgan fingerprint density at radius 2 is 2.17 bits per heavy atom. The Morgan fingerprint density at radius 3 is 3.00 bits per heavy atom. The number of para-hydroxylation sites is 1. The van der Waals surface area contributed by atoms with E-state index < -0.39 is 0 Å². The Morgan fingerprint density at radius 1 is 1.42 bits per heavy atom. The van der Waals surface area contributed by atoms with Crippen molar-refractivity contribution in [3.05, 3.63) is 29.8 Å². The van der Waals surface area contributed by atoms with Crippen molar-refractivity contribution in [2.45, 2.75) is 25.8 Å². The van der Waals surface area contributed by atoms with Crippen molar-refractivity contribution in [2.75, 3.05) is 5.01 Å². The zero-order valence-corrected chi connectivity index (χ0v) is 7.33. The topological polar surface area (TPSA) is 29.3 Å². The van der Waals surface area contributed by atoms with Crippen molar-refractivity contribution in [1.29, 1.82) is 0 Å². The summed E-state index contributed by atoms with van der Waals surface area (Å²) in [5.41, 5.74) is 2.56. The minimum absolute atomic E-state index is 0.472.